The van der Waals surface area contributed by atoms with Crippen molar-refractivity contribution in [3.63, 3.8) is 0 Å². The van der Waals surface area contributed by atoms with Crippen LogP contribution in [0.3, 0.4) is 0 Å². The molecule has 0 aromatic heterocycles. The van der Waals surface area contributed by atoms with Crippen LogP contribution >= 0.6 is 0 Å². The average Bonchev–Trinajstić information content (AvgIpc) is 2.70. The number of rotatable bonds is 2. The summed E-state index contributed by atoms with van der Waals surface area (Å²) in [6, 6.07) is 2.36. The smallest absolute Gasteiger partial charge is 0.215 e. The van der Waals surface area contributed by atoms with E-state index in [0.717, 1.165) is 0 Å². The SMILES string of the molecule is CC#CC.CN=C=NC.CN=NC.CN[N+](C)=O.CN[N+](C)=O.C[C-]=C=C(C)C.[Y]. The molecule has 0 saturated carbocycles. The fourth-order valence-corrected chi connectivity index (χ4v) is 0.350. The molecule has 0 fully saturated rings. The van der Waals surface area contributed by atoms with E-state index in [1.54, 1.807) is 42.3 Å². The van der Waals surface area contributed by atoms with E-state index >= 15 is 0 Å². The van der Waals surface area contributed by atoms with Crippen molar-refractivity contribution in [2.45, 2.75) is 34.6 Å². The number of allylic oxidation sites excluding steroid dienone is 1. The van der Waals surface area contributed by atoms with E-state index in [2.05, 4.69) is 60.7 Å². The van der Waals surface area contributed by atoms with Crippen LogP contribution in [0.25, 0.3) is 0 Å². The first-order valence-corrected chi connectivity index (χ1v) is 8.39. The molecule has 0 aromatic carbocycles. The van der Waals surface area contributed by atoms with Crippen LogP contribution in [0.15, 0.2) is 31.5 Å². The van der Waals surface area contributed by atoms with Gasteiger partial charge >= 0.3 is 0 Å². The fraction of sp³-hybridized carbons (Fsp3) is 0.684. The third-order valence-electron chi connectivity index (χ3n) is 1.65. The number of aliphatic imine (C=N–C) groups is 2. The van der Waals surface area contributed by atoms with Crippen LogP contribution in [-0.2, 0) is 32.7 Å². The summed E-state index contributed by atoms with van der Waals surface area (Å²) < 4.78 is 0. The molecule has 0 amide bonds. The molecule has 171 valence electrons. The second-order valence-electron chi connectivity index (χ2n) is 4.26. The predicted molar refractivity (Wildman–Crippen MR) is 122 cm³/mol. The van der Waals surface area contributed by atoms with E-state index in [1.165, 1.54) is 19.7 Å². The Labute approximate surface area is 208 Å². The maximum absolute atomic E-state index is 9.62. The molecular formula is C19H41N8O2Y+. The van der Waals surface area contributed by atoms with Gasteiger partial charge in [0.1, 0.15) is 9.74 Å². The fourth-order valence-electron chi connectivity index (χ4n) is 0.350. The molecule has 10 nitrogen and oxygen atoms in total. The largest absolute Gasteiger partial charge is 0.333 e. The number of hydrogen-bond donors (Lipinski definition) is 2. The molecule has 0 aliphatic heterocycles. The van der Waals surface area contributed by atoms with Gasteiger partial charge in [0.2, 0.25) is 14.1 Å². The minimum atomic E-state index is 0. The van der Waals surface area contributed by atoms with Crippen LogP contribution in [-0.4, -0.2) is 72.1 Å². The minimum Gasteiger partial charge on any atom is -0.333 e. The summed E-state index contributed by atoms with van der Waals surface area (Å²) in [4.78, 5) is 27.4. The van der Waals surface area contributed by atoms with Gasteiger partial charge in [-0.25, -0.2) is 16.1 Å². The summed E-state index contributed by atoms with van der Waals surface area (Å²) in [5.41, 5.74) is 8.66. The molecule has 11 heteroatoms. The maximum atomic E-state index is 9.62. The first-order chi connectivity index (χ1) is 13.6. The Hall–Kier alpha value is -2.04. The third-order valence-corrected chi connectivity index (χ3v) is 1.65. The molecule has 0 unspecified atom stereocenters. The van der Waals surface area contributed by atoms with Crippen LogP contribution in [0.2, 0.25) is 0 Å². The van der Waals surface area contributed by atoms with Gasteiger partial charge < -0.3 is 5.73 Å². The van der Waals surface area contributed by atoms with E-state index in [9.17, 15) is 9.81 Å². The van der Waals surface area contributed by atoms with Gasteiger partial charge in [0.15, 0.2) is 0 Å². The zero-order valence-electron chi connectivity index (χ0n) is 21.1. The van der Waals surface area contributed by atoms with Gasteiger partial charge in [-0.05, 0) is 13.8 Å². The van der Waals surface area contributed by atoms with Crippen LogP contribution in [0.1, 0.15) is 34.6 Å². The monoisotopic (exact) mass is 502 g/mol. The summed E-state index contributed by atoms with van der Waals surface area (Å²) in [6.45, 7) is 9.47. The molecule has 0 bridgehead atoms. The predicted octanol–water partition coefficient (Wildman–Crippen LogP) is 3.13. The number of nitrogens with one attached hydrogen (secondary N) is 2. The number of hydrogen-bond acceptors (Lipinski definition) is 6. The van der Waals surface area contributed by atoms with E-state index in [4.69, 9.17) is 0 Å². The van der Waals surface area contributed by atoms with Crippen LogP contribution in [0.5, 0.6) is 0 Å². The summed E-state index contributed by atoms with van der Waals surface area (Å²) >= 11 is 0. The van der Waals surface area contributed by atoms with Gasteiger partial charge in [-0.15, -0.1) is 32.6 Å². The van der Waals surface area contributed by atoms with Crippen LogP contribution in [0, 0.1) is 27.7 Å². The van der Waals surface area contributed by atoms with Crippen LogP contribution in [0.4, 0.5) is 0 Å². The molecule has 30 heavy (non-hydrogen) atoms. The molecule has 0 heterocycles. The standard InChI is InChI=1S/C6H9.C4H6.C3H6N2.2C2H7N2O.C2H6N2.Y/c1-4-5-6(2)3;1-3-4-2;1-4-3-5-2;2*1-3-4(2)5;1-3-4-2;/h1-3H3;1-2H3;1-2H3;2*1-2H3,(H,3,5);1-2H3;/q-1;;;2*+1;;. The normalized spacial score (nSPS) is 6.17. The molecule has 1 radical (unpaired) electrons. The van der Waals surface area contributed by atoms with Gasteiger partial charge in [-0.2, -0.15) is 26.7 Å². The Bertz CT molecular complexity index is 533. The molecule has 2 N–H and O–H groups in total. The molecule has 0 aliphatic carbocycles. The topological polar surface area (TPSA) is 114 Å². The summed E-state index contributed by atoms with van der Waals surface area (Å²) in [6.07, 6.45) is 2.78. The molecule has 0 rings (SSSR count). The van der Waals surface area contributed by atoms with Gasteiger partial charge in [-0.1, -0.05) is 0 Å². The quantitative estimate of drug-likeness (QED) is 0.115. The van der Waals surface area contributed by atoms with Gasteiger partial charge in [0.05, 0.1) is 29.9 Å². The Balaban J connectivity index is -0.0000000423. The van der Waals surface area contributed by atoms with E-state index in [-0.39, 0.29) is 32.7 Å². The Morgan fingerprint density at radius 1 is 0.833 bits per heavy atom. The zero-order valence-corrected chi connectivity index (χ0v) is 23.9. The molecule has 0 aromatic rings. The van der Waals surface area contributed by atoms with Crippen molar-refractivity contribution in [1.29, 1.82) is 0 Å². The zero-order chi connectivity index (χ0) is 24.5. The van der Waals surface area contributed by atoms with Crippen molar-refractivity contribution in [3.8, 4) is 11.8 Å². The third kappa shape index (κ3) is 201. The first-order valence-electron chi connectivity index (χ1n) is 8.39. The van der Waals surface area contributed by atoms with Gasteiger partial charge in [0, 0.05) is 60.9 Å². The van der Waals surface area contributed by atoms with Crippen LogP contribution < -0.4 is 10.9 Å². The van der Waals surface area contributed by atoms with E-state index in [0.29, 0.717) is 9.74 Å². The minimum absolute atomic E-state index is 0. The van der Waals surface area contributed by atoms with Crippen molar-refractivity contribution in [3.05, 3.63) is 27.2 Å². The Morgan fingerprint density at radius 3 is 1.10 bits per heavy atom. The molecule has 0 aliphatic rings. The average molecular weight is 502 g/mol. The Morgan fingerprint density at radius 2 is 1.10 bits per heavy atom. The van der Waals surface area contributed by atoms with Crippen molar-refractivity contribution in [1.82, 2.24) is 10.9 Å². The number of nitroso groups, excluding NO2 is 2. The van der Waals surface area contributed by atoms with E-state index in [1.807, 2.05) is 34.6 Å². The second kappa shape index (κ2) is 56.3. The Kier molecular flexibility index (Phi) is 86.9. The maximum Gasteiger partial charge on any atom is 0.215 e. The van der Waals surface area contributed by atoms with Crippen molar-refractivity contribution in [2.24, 2.45) is 20.2 Å². The molecule has 0 atom stereocenters. The number of azo groups is 1. The summed E-state index contributed by atoms with van der Waals surface area (Å²) in [7, 11) is 12.4. The molecule has 0 saturated heterocycles. The van der Waals surface area contributed by atoms with Crippen molar-refractivity contribution >= 4 is 6.01 Å². The number of hydrazine groups is 2. The van der Waals surface area contributed by atoms with Gasteiger partial charge in [-0.3, -0.25) is 0 Å². The van der Waals surface area contributed by atoms with E-state index < -0.39 is 0 Å². The number of nitrogens with zero attached hydrogens (tertiary/aromatic N) is 6. The van der Waals surface area contributed by atoms with Gasteiger partial charge in [0.25, 0.3) is 0 Å². The van der Waals surface area contributed by atoms with Crippen molar-refractivity contribution in [2.75, 3.05) is 56.4 Å². The first kappa shape index (κ1) is 46.3. The summed E-state index contributed by atoms with van der Waals surface area (Å²) in [5, 5.41) is 6.72. The second-order valence-corrected chi connectivity index (χ2v) is 4.26. The molecular weight excluding hydrogens is 461 g/mol. The van der Waals surface area contributed by atoms with Crippen molar-refractivity contribution < 1.29 is 42.4 Å². The summed E-state index contributed by atoms with van der Waals surface area (Å²) in [5.74, 6) is 5.36. The molecule has 0 spiro atoms.